The van der Waals surface area contributed by atoms with Crippen molar-refractivity contribution in [2.75, 3.05) is 42.4 Å². The number of hydrogen-bond donors (Lipinski definition) is 1. The number of imidazole rings is 1. The largest absolute Gasteiger partial charge is 0.369 e. The maximum atomic E-state index is 4.64. The molecular weight excluding hydrogens is 246 g/mol. The Hall–Kier alpha value is -1.43. The molecule has 0 aliphatic carbocycles. The Morgan fingerprint density at radius 1 is 1.50 bits per heavy atom. The van der Waals surface area contributed by atoms with Crippen molar-refractivity contribution in [3.8, 4) is 0 Å². The zero-order valence-corrected chi connectivity index (χ0v) is 11.9. The Morgan fingerprint density at radius 2 is 2.33 bits per heavy atom. The zero-order chi connectivity index (χ0) is 13.0. The summed E-state index contributed by atoms with van der Waals surface area (Å²) in [6.45, 7) is 3.89. The van der Waals surface area contributed by atoms with Crippen LogP contribution in [0.1, 0.15) is 6.92 Å². The molecule has 0 aliphatic rings. The molecule has 98 valence electrons. The van der Waals surface area contributed by atoms with Gasteiger partial charge in [0.15, 0.2) is 11.5 Å². The minimum absolute atomic E-state index is 0.862. The van der Waals surface area contributed by atoms with Crippen LogP contribution >= 0.6 is 11.8 Å². The van der Waals surface area contributed by atoms with Crippen LogP contribution in [0, 0.1) is 0 Å². The van der Waals surface area contributed by atoms with E-state index in [1.165, 1.54) is 0 Å². The molecule has 0 atom stereocenters. The van der Waals surface area contributed by atoms with E-state index in [4.69, 9.17) is 0 Å². The number of fused-ring (bicyclic) bond motifs is 1. The Morgan fingerprint density at radius 3 is 3.06 bits per heavy atom. The summed E-state index contributed by atoms with van der Waals surface area (Å²) >= 11 is 1.83. The smallest absolute Gasteiger partial charge is 0.180 e. The van der Waals surface area contributed by atoms with Gasteiger partial charge in [0.2, 0.25) is 0 Å². The minimum atomic E-state index is 0.862. The second-order valence-corrected chi connectivity index (χ2v) is 5.04. The number of nitrogens with zero attached hydrogens (tertiary/aromatic N) is 4. The molecule has 1 N–H and O–H groups in total. The molecule has 0 saturated heterocycles. The lowest BCUT2D eigenvalue weighted by molar-refractivity contribution is 0.934. The van der Waals surface area contributed by atoms with E-state index >= 15 is 0 Å². The predicted octanol–water partition coefficient (Wildman–Crippen LogP) is 1.96. The highest BCUT2D eigenvalue weighted by Gasteiger charge is 2.11. The number of thioether (sulfide) groups is 1. The van der Waals surface area contributed by atoms with Crippen LogP contribution in [0.4, 0.5) is 11.6 Å². The van der Waals surface area contributed by atoms with Crippen LogP contribution in [-0.2, 0) is 0 Å². The van der Waals surface area contributed by atoms with Crippen LogP contribution in [0.2, 0.25) is 0 Å². The molecule has 6 heteroatoms. The van der Waals surface area contributed by atoms with Crippen molar-refractivity contribution in [3.63, 3.8) is 0 Å². The lowest BCUT2D eigenvalue weighted by Crippen LogP contribution is -2.22. The molecule has 0 bridgehead atoms. The number of anilines is 2. The SMILES string of the molecule is CCNc1cn2ccnc2c(N(C)CCSC)n1. The highest BCUT2D eigenvalue weighted by Crippen LogP contribution is 2.19. The Kier molecular flexibility index (Phi) is 4.30. The average Bonchev–Trinajstić information content (AvgIpc) is 2.83. The van der Waals surface area contributed by atoms with Gasteiger partial charge in [0.25, 0.3) is 0 Å². The van der Waals surface area contributed by atoms with Crippen molar-refractivity contribution < 1.29 is 0 Å². The first-order valence-electron chi connectivity index (χ1n) is 6.04. The Bertz CT molecular complexity index is 510. The maximum absolute atomic E-state index is 4.64. The molecule has 2 aromatic heterocycles. The van der Waals surface area contributed by atoms with Gasteiger partial charge in [-0.15, -0.1) is 0 Å². The molecule has 2 aromatic rings. The first kappa shape index (κ1) is 13.0. The molecule has 5 nitrogen and oxygen atoms in total. The molecule has 0 radical (unpaired) electrons. The Labute approximate surface area is 112 Å². The predicted molar refractivity (Wildman–Crippen MR) is 78.8 cm³/mol. The van der Waals surface area contributed by atoms with E-state index in [0.717, 1.165) is 36.1 Å². The number of hydrogen-bond acceptors (Lipinski definition) is 5. The molecule has 2 heterocycles. The summed E-state index contributed by atoms with van der Waals surface area (Å²) < 4.78 is 2.01. The van der Waals surface area contributed by atoms with Crippen molar-refractivity contribution in [1.82, 2.24) is 14.4 Å². The van der Waals surface area contributed by atoms with E-state index in [0.29, 0.717) is 0 Å². The molecule has 0 spiro atoms. The fourth-order valence-corrected chi connectivity index (χ4v) is 2.23. The third kappa shape index (κ3) is 2.69. The number of nitrogens with one attached hydrogen (secondary N) is 1. The first-order valence-corrected chi connectivity index (χ1v) is 7.43. The second kappa shape index (κ2) is 5.95. The highest BCUT2D eigenvalue weighted by atomic mass is 32.2. The minimum Gasteiger partial charge on any atom is -0.369 e. The second-order valence-electron chi connectivity index (χ2n) is 4.05. The average molecular weight is 265 g/mol. The number of rotatable bonds is 6. The van der Waals surface area contributed by atoms with Gasteiger partial charge in [0, 0.05) is 38.3 Å². The van der Waals surface area contributed by atoms with Crippen LogP contribution < -0.4 is 10.2 Å². The zero-order valence-electron chi connectivity index (χ0n) is 11.1. The maximum Gasteiger partial charge on any atom is 0.180 e. The van der Waals surface area contributed by atoms with Crippen LogP contribution in [0.5, 0.6) is 0 Å². The fourth-order valence-electron chi connectivity index (χ4n) is 1.77. The van der Waals surface area contributed by atoms with Gasteiger partial charge in [-0.3, -0.25) is 0 Å². The standard InChI is InChI=1S/C12H19N5S/c1-4-13-10-9-17-6-5-14-11(17)12(15-10)16(2)7-8-18-3/h5-6,9,13H,4,7-8H2,1-3H3. The fraction of sp³-hybridized carbons (Fsp3) is 0.500. The quantitative estimate of drug-likeness (QED) is 0.865. The van der Waals surface area contributed by atoms with Crippen molar-refractivity contribution in [3.05, 3.63) is 18.6 Å². The summed E-state index contributed by atoms with van der Waals surface area (Å²) in [6, 6.07) is 0. The summed E-state index contributed by atoms with van der Waals surface area (Å²) in [6.07, 6.45) is 7.83. The van der Waals surface area contributed by atoms with Gasteiger partial charge in [0.1, 0.15) is 5.82 Å². The van der Waals surface area contributed by atoms with E-state index in [2.05, 4.69) is 40.4 Å². The van der Waals surface area contributed by atoms with E-state index in [1.807, 2.05) is 28.6 Å². The van der Waals surface area contributed by atoms with E-state index in [9.17, 15) is 0 Å². The van der Waals surface area contributed by atoms with Gasteiger partial charge in [-0.1, -0.05) is 0 Å². The van der Waals surface area contributed by atoms with Gasteiger partial charge in [-0.25, -0.2) is 9.97 Å². The summed E-state index contributed by atoms with van der Waals surface area (Å²) in [5, 5.41) is 3.25. The van der Waals surface area contributed by atoms with Crippen LogP contribution in [-0.4, -0.2) is 46.5 Å². The summed E-state index contributed by atoms with van der Waals surface area (Å²) in [7, 11) is 2.06. The molecule has 0 amide bonds. The molecule has 18 heavy (non-hydrogen) atoms. The molecule has 0 unspecified atom stereocenters. The lowest BCUT2D eigenvalue weighted by atomic mass is 10.5. The van der Waals surface area contributed by atoms with E-state index in [-0.39, 0.29) is 0 Å². The lowest BCUT2D eigenvalue weighted by Gasteiger charge is -2.19. The Balaban J connectivity index is 2.36. The van der Waals surface area contributed by atoms with Gasteiger partial charge in [0.05, 0.1) is 6.20 Å². The summed E-state index contributed by atoms with van der Waals surface area (Å²) in [5.41, 5.74) is 0.903. The highest BCUT2D eigenvalue weighted by molar-refractivity contribution is 7.98. The van der Waals surface area contributed by atoms with E-state index < -0.39 is 0 Å². The van der Waals surface area contributed by atoms with Crippen molar-refractivity contribution in [2.24, 2.45) is 0 Å². The van der Waals surface area contributed by atoms with Gasteiger partial charge in [-0.2, -0.15) is 11.8 Å². The third-order valence-electron chi connectivity index (χ3n) is 2.71. The normalized spacial score (nSPS) is 10.8. The van der Waals surface area contributed by atoms with Crippen LogP contribution in [0.15, 0.2) is 18.6 Å². The monoisotopic (exact) mass is 265 g/mol. The topological polar surface area (TPSA) is 45.5 Å². The first-order chi connectivity index (χ1) is 8.76. The molecule has 0 saturated carbocycles. The van der Waals surface area contributed by atoms with Crippen LogP contribution in [0.3, 0.4) is 0 Å². The van der Waals surface area contributed by atoms with Gasteiger partial charge >= 0.3 is 0 Å². The van der Waals surface area contributed by atoms with E-state index in [1.54, 1.807) is 6.20 Å². The third-order valence-corrected chi connectivity index (χ3v) is 3.30. The van der Waals surface area contributed by atoms with Gasteiger partial charge < -0.3 is 14.6 Å². The molecule has 0 fully saturated rings. The van der Waals surface area contributed by atoms with Crippen LogP contribution in [0.25, 0.3) is 5.65 Å². The summed E-state index contributed by atoms with van der Waals surface area (Å²) in [5.74, 6) is 2.89. The molecular formula is C12H19N5S. The number of aromatic nitrogens is 3. The summed E-state index contributed by atoms with van der Waals surface area (Å²) in [4.78, 5) is 11.2. The molecule has 0 aliphatic heterocycles. The van der Waals surface area contributed by atoms with Crippen molar-refractivity contribution >= 4 is 29.0 Å². The molecule has 2 rings (SSSR count). The molecule has 0 aromatic carbocycles. The van der Waals surface area contributed by atoms with Crippen molar-refractivity contribution in [2.45, 2.75) is 6.92 Å². The van der Waals surface area contributed by atoms with Crippen molar-refractivity contribution in [1.29, 1.82) is 0 Å². The van der Waals surface area contributed by atoms with Gasteiger partial charge in [-0.05, 0) is 13.2 Å².